The zero-order valence-electron chi connectivity index (χ0n) is 13.7. The number of nitrogens with zero attached hydrogens (tertiary/aromatic N) is 2. The van der Waals surface area contributed by atoms with Crippen molar-refractivity contribution in [2.24, 2.45) is 0 Å². The standard InChI is InChI=1S/C18H16N4O2S/c1-10(16-20-12-6-3-4-7-13(12)21-16)19-17(23)15-11(2)25-18(22-15)14-8-5-9-24-14/h3-10H,1-2H3,(H,19,23)(H,20,21). The van der Waals surface area contributed by atoms with E-state index in [-0.39, 0.29) is 11.9 Å². The van der Waals surface area contributed by atoms with Crippen LogP contribution in [0.5, 0.6) is 0 Å². The minimum atomic E-state index is -0.256. The van der Waals surface area contributed by atoms with E-state index in [0.717, 1.165) is 15.9 Å². The number of furan rings is 1. The van der Waals surface area contributed by atoms with Crippen LogP contribution < -0.4 is 5.32 Å². The van der Waals surface area contributed by atoms with Crippen molar-refractivity contribution in [2.45, 2.75) is 19.9 Å². The van der Waals surface area contributed by atoms with Gasteiger partial charge in [0.1, 0.15) is 11.5 Å². The van der Waals surface area contributed by atoms with Crippen LogP contribution in [0.15, 0.2) is 47.1 Å². The predicted octanol–water partition coefficient (Wildman–Crippen LogP) is 4.08. The molecule has 1 amide bonds. The van der Waals surface area contributed by atoms with E-state index in [9.17, 15) is 4.79 Å². The largest absolute Gasteiger partial charge is 0.462 e. The molecule has 3 aromatic heterocycles. The smallest absolute Gasteiger partial charge is 0.271 e. The van der Waals surface area contributed by atoms with Gasteiger partial charge < -0.3 is 14.7 Å². The molecule has 0 radical (unpaired) electrons. The van der Waals surface area contributed by atoms with Crippen LogP contribution in [0.2, 0.25) is 0 Å². The number of para-hydroxylation sites is 2. The van der Waals surface area contributed by atoms with Crippen LogP contribution in [-0.2, 0) is 0 Å². The van der Waals surface area contributed by atoms with Crippen LogP contribution in [0.1, 0.15) is 34.2 Å². The SMILES string of the molecule is Cc1sc(-c2ccco2)nc1C(=O)NC(C)c1nc2ccccc2[nH]1. The summed E-state index contributed by atoms with van der Waals surface area (Å²) in [6.07, 6.45) is 1.59. The molecule has 1 unspecified atom stereocenters. The number of aromatic nitrogens is 3. The second-order valence-electron chi connectivity index (χ2n) is 5.74. The van der Waals surface area contributed by atoms with Crippen molar-refractivity contribution in [3.8, 4) is 10.8 Å². The van der Waals surface area contributed by atoms with E-state index < -0.39 is 0 Å². The summed E-state index contributed by atoms with van der Waals surface area (Å²) < 4.78 is 5.35. The number of carbonyl (C=O) groups is 1. The lowest BCUT2D eigenvalue weighted by atomic mass is 10.3. The van der Waals surface area contributed by atoms with Crippen molar-refractivity contribution in [3.63, 3.8) is 0 Å². The fraction of sp³-hybridized carbons (Fsp3) is 0.167. The van der Waals surface area contributed by atoms with Crippen LogP contribution >= 0.6 is 11.3 Å². The van der Waals surface area contributed by atoms with Gasteiger partial charge in [-0.3, -0.25) is 4.79 Å². The Labute approximate surface area is 147 Å². The van der Waals surface area contributed by atoms with E-state index in [2.05, 4.69) is 20.3 Å². The molecule has 0 aliphatic rings. The van der Waals surface area contributed by atoms with Crippen molar-refractivity contribution in [1.29, 1.82) is 0 Å². The monoisotopic (exact) mass is 352 g/mol. The number of H-pyrrole nitrogens is 1. The third-order valence-corrected chi connectivity index (χ3v) is 4.89. The average Bonchev–Trinajstić information content (AvgIpc) is 3.33. The molecule has 7 heteroatoms. The lowest BCUT2D eigenvalue weighted by molar-refractivity contribution is 0.0933. The Balaban J connectivity index is 1.55. The Hall–Kier alpha value is -2.93. The number of hydrogen-bond acceptors (Lipinski definition) is 5. The van der Waals surface area contributed by atoms with Gasteiger partial charge >= 0.3 is 0 Å². The van der Waals surface area contributed by atoms with Crippen molar-refractivity contribution in [1.82, 2.24) is 20.3 Å². The summed E-state index contributed by atoms with van der Waals surface area (Å²) in [5.41, 5.74) is 2.24. The highest BCUT2D eigenvalue weighted by Crippen LogP contribution is 2.28. The lowest BCUT2D eigenvalue weighted by Crippen LogP contribution is -2.28. The van der Waals surface area contributed by atoms with Gasteiger partial charge in [0.15, 0.2) is 10.8 Å². The molecule has 6 nitrogen and oxygen atoms in total. The first-order valence-electron chi connectivity index (χ1n) is 7.88. The highest BCUT2D eigenvalue weighted by Gasteiger charge is 2.20. The van der Waals surface area contributed by atoms with Crippen LogP contribution in [0.4, 0.5) is 0 Å². The first-order valence-corrected chi connectivity index (χ1v) is 8.70. The van der Waals surface area contributed by atoms with Crippen molar-refractivity contribution in [3.05, 3.63) is 59.1 Å². The molecule has 3 heterocycles. The predicted molar refractivity (Wildman–Crippen MR) is 96.5 cm³/mol. The number of nitrogens with one attached hydrogen (secondary N) is 2. The van der Waals surface area contributed by atoms with Gasteiger partial charge in [-0.2, -0.15) is 0 Å². The number of rotatable bonds is 4. The Morgan fingerprint density at radius 2 is 2.08 bits per heavy atom. The first kappa shape index (κ1) is 15.6. The summed E-state index contributed by atoms with van der Waals surface area (Å²) in [6, 6.07) is 11.2. The van der Waals surface area contributed by atoms with E-state index >= 15 is 0 Å². The number of aryl methyl sites for hydroxylation is 1. The van der Waals surface area contributed by atoms with Crippen LogP contribution in [0.3, 0.4) is 0 Å². The third kappa shape index (κ3) is 2.94. The number of fused-ring (bicyclic) bond motifs is 1. The minimum Gasteiger partial charge on any atom is -0.462 e. The van der Waals surface area contributed by atoms with Gasteiger partial charge in [-0.25, -0.2) is 9.97 Å². The van der Waals surface area contributed by atoms with Crippen molar-refractivity contribution < 1.29 is 9.21 Å². The molecule has 1 aromatic carbocycles. The first-order chi connectivity index (χ1) is 12.1. The summed E-state index contributed by atoms with van der Waals surface area (Å²) in [5, 5.41) is 3.65. The Kier molecular flexibility index (Phi) is 3.85. The van der Waals surface area contributed by atoms with Crippen LogP contribution in [-0.4, -0.2) is 20.9 Å². The molecule has 4 rings (SSSR count). The molecule has 1 atom stereocenters. The highest BCUT2D eigenvalue weighted by atomic mass is 32.1. The summed E-state index contributed by atoms with van der Waals surface area (Å²) in [7, 11) is 0. The molecule has 4 aromatic rings. The van der Waals surface area contributed by atoms with Gasteiger partial charge in [0, 0.05) is 4.88 Å². The maximum absolute atomic E-state index is 12.6. The van der Waals surface area contributed by atoms with E-state index in [4.69, 9.17) is 4.42 Å². The van der Waals surface area contributed by atoms with E-state index in [0.29, 0.717) is 22.3 Å². The second kappa shape index (κ2) is 6.18. The Morgan fingerprint density at radius 3 is 2.84 bits per heavy atom. The van der Waals surface area contributed by atoms with E-state index in [1.807, 2.05) is 44.2 Å². The number of hydrogen-bond donors (Lipinski definition) is 2. The Morgan fingerprint density at radius 1 is 1.24 bits per heavy atom. The summed E-state index contributed by atoms with van der Waals surface area (Å²) in [6.45, 7) is 3.77. The van der Waals surface area contributed by atoms with Crippen LogP contribution in [0.25, 0.3) is 21.8 Å². The average molecular weight is 352 g/mol. The van der Waals surface area contributed by atoms with E-state index in [1.54, 1.807) is 12.3 Å². The number of imidazole rings is 1. The summed E-state index contributed by atoms with van der Waals surface area (Å²) in [5.74, 6) is 1.16. The van der Waals surface area contributed by atoms with Crippen molar-refractivity contribution in [2.75, 3.05) is 0 Å². The molecule has 25 heavy (non-hydrogen) atoms. The molecule has 0 saturated heterocycles. The minimum absolute atomic E-state index is 0.223. The van der Waals surface area contributed by atoms with Crippen molar-refractivity contribution >= 4 is 28.3 Å². The zero-order chi connectivity index (χ0) is 17.4. The molecule has 0 aliphatic carbocycles. The summed E-state index contributed by atoms with van der Waals surface area (Å²) in [4.78, 5) is 25.6. The van der Waals surface area contributed by atoms with Gasteiger partial charge in [0.25, 0.3) is 5.91 Å². The molecular weight excluding hydrogens is 336 g/mol. The molecule has 0 fully saturated rings. The third-order valence-electron chi connectivity index (χ3n) is 3.91. The second-order valence-corrected chi connectivity index (χ2v) is 6.94. The quantitative estimate of drug-likeness (QED) is 0.580. The number of amides is 1. The fourth-order valence-corrected chi connectivity index (χ4v) is 3.50. The molecule has 2 N–H and O–H groups in total. The van der Waals surface area contributed by atoms with Gasteiger partial charge in [0.2, 0.25) is 0 Å². The summed E-state index contributed by atoms with van der Waals surface area (Å²) >= 11 is 1.44. The molecular formula is C18H16N4O2S. The number of thiazole rings is 1. The maximum Gasteiger partial charge on any atom is 0.271 e. The van der Waals surface area contributed by atoms with Gasteiger partial charge in [-0.05, 0) is 38.1 Å². The number of carbonyl (C=O) groups excluding carboxylic acids is 1. The zero-order valence-corrected chi connectivity index (χ0v) is 14.6. The van der Waals surface area contributed by atoms with Gasteiger partial charge in [0.05, 0.1) is 23.3 Å². The lowest BCUT2D eigenvalue weighted by Gasteiger charge is -2.10. The van der Waals surface area contributed by atoms with Crippen LogP contribution in [0, 0.1) is 6.92 Å². The normalized spacial score (nSPS) is 12.4. The number of benzene rings is 1. The van der Waals surface area contributed by atoms with E-state index in [1.165, 1.54) is 11.3 Å². The maximum atomic E-state index is 12.6. The topological polar surface area (TPSA) is 83.8 Å². The van der Waals surface area contributed by atoms with Gasteiger partial charge in [-0.15, -0.1) is 11.3 Å². The molecule has 0 spiro atoms. The molecule has 0 bridgehead atoms. The highest BCUT2D eigenvalue weighted by molar-refractivity contribution is 7.15. The molecule has 126 valence electrons. The molecule has 0 aliphatic heterocycles. The number of aromatic amines is 1. The molecule has 0 saturated carbocycles. The van der Waals surface area contributed by atoms with Gasteiger partial charge in [-0.1, -0.05) is 12.1 Å². The Bertz CT molecular complexity index is 1000. The fourth-order valence-electron chi connectivity index (χ4n) is 2.62.